The van der Waals surface area contributed by atoms with Gasteiger partial charge in [0, 0.05) is 23.9 Å². The number of benzene rings is 1. The molecule has 10 nitrogen and oxygen atoms in total. The van der Waals surface area contributed by atoms with Crippen LogP contribution < -0.4 is 15.5 Å². The van der Waals surface area contributed by atoms with Crippen LogP contribution in [0.4, 0.5) is 25.1 Å². The Morgan fingerprint density at radius 2 is 2.00 bits per heavy atom. The predicted molar refractivity (Wildman–Crippen MR) is 157 cm³/mol. The second-order valence-electron chi connectivity index (χ2n) is 10.6. The number of nitrogens with one attached hydrogen (secondary N) is 2. The maximum atomic E-state index is 12.4. The van der Waals surface area contributed by atoms with Crippen LogP contribution in [-0.2, 0) is 20.4 Å². The largest absolute Gasteiger partial charge is 0.390 e. The lowest BCUT2D eigenvalue weighted by Crippen LogP contribution is -2.44. The molecule has 14 heteroatoms. The Hall–Kier alpha value is -2.43. The molecule has 2 amide bonds. The van der Waals surface area contributed by atoms with Crippen LogP contribution in [-0.4, -0.2) is 82.7 Å². The molecule has 1 saturated carbocycles. The van der Waals surface area contributed by atoms with Gasteiger partial charge in [-0.15, -0.1) is 0 Å². The number of urea groups is 1. The van der Waals surface area contributed by atoms with Crippen molar-refractivity contribution in [2.75, 3.05) is 36.5 Å². The van der Waals surface area contributed by atoms with E-state index in [4.69, 9.17) is 14.7 Å². The molecule has 0 bridgehead atoms. The fourth-order valence-electron chi connectivity index (χ4n) is 4.73. The number of anilines is 2. The summed E-state index contributed by atoms with van der Waals surface area (Å²) < 4.78 is 54.5. The third kappa shape index (κ3) is 6.89. The summed E-state index contributed by atoms with van der Waals surface area (Å²) in [7, 11) is -2.43. The summed E-state index contributed by atoms with van der Waals surface area (Å²) in [6, 6.07) is 7.73. The molecule has 218 valence electrons. The number of carbonyl (C=O) groups excluding carboxylic acids is 1. The zero-order valence-corrected chi connectivity index (χ0v) is 25.3. The van der Waals surface area contributed by atoms with E-state index in [9.17, 15) is 27.1 Å². The summed E-state index contributed by atoms with van der Waals surface area (Å²) in [4.78, 5) is 24.0. The van der Waals surface area contributed by atoms with Crippen molar-refractivity contribution in [2.45, 2.75) is 61.0 Å². The number of hydrogen-bond acceptors (Lipinski definition) is 8. The number of rotatable bonds is 9. The monoisotopic (exact) mass is 691 g/mol. The van der Waals surface area contributed by atoms with Crippen LogP contribution in [0.15, 0.2) is 30.3 Å². The van der Waals surface area contributed by atoms with Crippen molar-refractivity contribution in [3.63, 3.8) is 0 Å². The molecular formula is C26H32F2IN5O5S. The van der Waals surface area contributed by atoms with E-state index in [1.54, 1.807) is 38.1 Å². The number of alkyl halides is 3. The summed E-state index contributed by atoms with van der Waals surface area (Å²) in [5, 5.41) is 15.0. The zero-order valence-electron chi connectivity index (χ0n) is 22.3. The van der Waals surface area contributed by atoms with Crippen LogP contribution in [0, 0.1) is 0 Å². The van der Waals surface area contributed by atoms with E-state index in [2.05, 4.69) is 38.1 Å². The maximum Gasteiger partial charge on any atom is 0.319 e. The fourth-order valence-corrected chi connectivity index (χ4v) is 7.84. The molecule has 2 fully saturated rings. The number of aliphatic hydroxyl groups is 1. The molecule has 2 unspecified atom stereocenters. The quantitative estimate of drug-likeness (QED) is 0.207. The van der Waals surface area contributed by atoms with Crippen molar-refractivity contribution in [2.24, 2.45) is 0 Å². The van der Waals surface area contributed by atoms with Gasteiger partial charge < -0.3 is 25.4 Å². The lowest BCUT2D eigenvalue weighted by Gasteiger charge is -2.35. The highest BCUT2D eigenvalue weighted by molar-refractivity contribution is 14.1. The second kappa shape index (κ2) is 12.2. The number of nitrogens with zero attached hydrogens (tertiary/aromatic N) is 3. The highest BCUT2D eigenvalue weighted by Crippen LogP contribution is 2.54. The van der Waals surface area contributed by atoms with Crippen LogP contribution in [0.5, 0.6) is 0 Å². The molecular weight excluding hydrogens is 659 g/mol. The topological polar surface area (TPSA) is 134 Å². The number of aromatic nitrogens is 2. The summed E-state index contributed by atoms with van der Waals surface area (Å²) >= 11 is 2.13. The van der Waals surface area contributed by atoms with Crippen molar-refractivity contribution < 1.29 is 31.8 Å². The van der Waals surface area contributed by atoms with Gasteiger partial charge in [0.1, 0.15) is 5.82 Å². The Labute approximate surface area is 246 Å². The smallest absolute Gasteiger partial charge is 0.319 e. The Bertz CT molecular complexity index is 1380. The normalized spacial score (nSPS) is 22.8. The minimum absolute atomic E-state index is 0.0293. The highest BCUT2D eigenvalue weighted by atomic mass is 127. The lowest BCUT2D eigenvalue weighted by atomic mass is 9.90. The van der Waals surface area contributed by atoms with Gasteiger partial charge in [0.05, 0.1) is 51.3 Å². The van der Waals surface area contributed by atoms with E-state index in [1.165, 1.54) is 0 Å². The zero-order chi connectivity index (χ0) is 29.2. The first-order chi connectivity index (χ1) is 18.8. The Balaban J connectivity index is 1.74. The third-order valence-corrected chi connectivity index (χ3v) is 10.0. The summed E-state index contributed by atoms with van der Waals surface area (Å²) in [5.74, 6) is 1.01. The lowest BCUT2D eigenvalue weighted by molar-refractivity contribution is 0.0664. The minimum Gasteiger partial charge on any atom is -0.390 e. The van der Waals surface area contributed by atoms with Crippen molar-refractivity contribution in [3.8, 4) is 11.4 Å². The average Bonchev–Trinajstić information content (AvgIpc) is 3.51. The van der Waals surface area contributed by atoms with Crippen molar-refractivity contribution in [1.82, 2.24) is 15.3 Å². The van der Waals surface area contributed by atoms with Crippen LogP contribution >= 0.6 is 22.6 Å². The van der Waals surface area contributed by atoms with E-state index in [0.717, 1.165) is 0 Å². The number of carbonyl (C=O) groups is 1. The molecule has 40 heavy (non-hydrogen) atoms. The van der Waals surface area contributed by atoms with Crippen LogP contribution in [0.1, 0.15) is 39.3 Å². The maximum absolute atomic E-state index is 12.4. The molecule has 1 aliphatic heterocycles. The van der Waals surface area contributed by atoms with E-state index in [-0.39, 0.29) is 9.97 Å². The first kappa shape index (κ1) is 30.5. The Kier molecular flexibility index (Phi) is 9.31. The van der Waals surface area contributed by atoms with E-state index < -0.39 is 40.3 Å². The first-order valence-electron chi connectivity index (χ1n) is 12.8. The molecule has 1 saturated heterocycles. The standard InChI is InChI=1S/C26H32F2IN5O5S/c1-15-14-39-11-10-34(15)20-12-18(26(9-8-25(2,3)36)21(29)22(26)40(37)38)32-23(33-20)16-4-6-17(7-5-16)31-24(35)30-13-19(27)28/h4-7,12,15,19,21,36H,8-11,13-14H2,1-3H3,(H2,30,31,35)/t15-,21?,26?/m0/s1. The highest BCUT2D eigenvalue weighted by Gasteiger charge is 2.64. The SMILES string of the molecule is C[C@H]1COCCN1c1cc(C2(CCC(C)(C)O)C(=S(=O)=O)C2I)nc(-c2ccc(NC(=O)NCC(F)F)cc2)n1. The number of morpholine rings is 1. The molecule has 2 heterocycles. The Morgan fingerprint density at radius 1 is 1.30 bits per heavy atom. The van der Waals surface area contributed by atoms with Crippen molar-refractivity contribution in [3.05, 3.63) is 36.0 Å². The number of amides is 2. The van der Waals surface area contributed by atoms with Gasteiger partial charge in [0.2, 0.25) is 10.3 Å². The molecule has 1 aliphatic carbocycles. The van der Waals surface area contributed by atoms with Crippen LogP contribution in [0.2, 0.25) is 0 Å². The fraction of sp³-hybridized carbons (Fsp3) is 0.538. The molecule has 2 aromatic rings. The Morgan fingerprint density at radius 3 is 2.58 bits per heavy atom. The molecule has 0 spiro atoms. The number of ether oxygens (including phenoxy) is 1. The van der Waals surface area contributed by atoms with Gasteiger partial charge in [-0.05, 0) is 57.9 Å². The minimum atomic E-state index is -2.65. The van der Waals surface area contributed by atoms with Gasteiger partial charge in [-0.1, -0.05) is 22.6 Å². The van der Waals surface area contributed by atoms with Crippen molar-refractivity contribution >= 4 is 55.3 Å². The van der Waals surface area contributed by atoms with Crippen LogP contribution in [0.25, 0.3) is 11.4 Å². The van der Waals surface area contributed by atoms with Gasteiger partial charge in [-0.25, -0.2) is 23.5 Å². The molecule has 0 radical (unpaired) electrons. The molecule has 1 aromatic carbocycles. The number of hydrogen-bond donors (Lipinski definition) is 3. The summed E-state index contributed by atoms with van der Waals surface area (Å²) in [6.45, 7) is 6.28. The summed E-state index contributed by atoms with van der Waals surface area (Å²) in [6.07, 6.45) is -1.90. The van der Waals surface area contributed by atoms with Gasteiger partial charge in [0.15, 0.2) is 5.82 Å². The third-order valence-electron chi connectivity index (χ3n) is 6.98. The predicted octanol–water partition coefficient (Wildman–Crippen LogP) is 3.41. The van der Waals surface area contributed by atoms with Crippen molar-refractivity contribution in [1.29, 1.82) is 0 Å². The van der Waals surface area contributed by atoms with Crippen LogP contribution in [0.3, 0.4) is 0 Å². The van der Waals surface area contributed by atoms with E-state index in [1.807, 2.05) is 13.0 Å². The van der Waals surface area contributed by atoms with Gasteiger partial charge in [-0.2, -0.15) is 8.42 Å². The molecule has 4 rings (SSSR count). The van der Waals surface area contributed by atoms with Gasteiger partial charge >= 0.3 is 6.03 Å². The summed E-state index contributed by atoms with van der Waals surface area (Å²) in [5.41, 5.74) is -0.302. The van der Waals surface area contributed by atoms with Gasteiger partial charge in [0.25, 0.3) is 6.43 Å². The molecule has 2 aliphatic rings. The molecule has 1 aromatic heterocycles. The van der Waals surface area contributed by atoms with Gasteiger partial charge in [-0.3, -0.25) is 0 Å². The van der Waals surface area contributed by atoms with E-state index in [0.29, 0.717) is 66.1 Å². The second-order valence-corrected chi connectivity index (χ2v) is 12.8. The van der Waals surface area contributed by atoms with E-state index >= 15 is 0 Å². The number of halogens is 3. The molecule has 3 N–H and O–H groups in total. The molecule has 3 atom stereocenters. The average molecular weight is 692 g/mol. The first-order valence-corrected chi connectivity index (χ1v) is 15.1.